The molecule has 0 aliphatic carbocycles. The van der Waals surface area contributed by atoms with Gasteiger partial charge in [-0.05, 0) is 18.0 Å². The number of carbonyl (C=O) groups is 1. The highest BCUT2D eigenvalue weighted by atomic mass is 17.8. The first kappa shape index (κ1) is 14.6. The molecule has 0 unspecified atom stereocenters. The van der Waals surface area contributed by atoms with Gasteiger partial charge in [-0.1, -0.05) is 6.58 Å². The lowest BCUT2D eigenvalue weighted by atomic mass is 10.3. The fourth-order valence-corrected chi connectivity index (χ4v) is 0.528. The molecule has 16 heavy (non-hydrogen) atoms. The normalized spacial score (nSPS) is 10.4. The Hall–Kier alpha value is -1.41. The van der Waals surface area contributed by atoms with Crippen molar-refractivity contribution in [1.82, 2.24) is 0 Å². The van der Waals surface area contributed by atoms with E-state index in [0.717, 1.165) is 0 Å². The van der Waals surface area contributed by atoms with Crippen molar-refractivity contribution < 1.29 is 34.4 Å². The monoisotopic (exact) mass is 234 g/mol. The highest BCUT2D eigenvalue weighted by Crippen LogP contribution is 1.94. The molecule has 0 atom stereocenters. The largest absolute Gasteiger partial charge is 0.462 e. The number of ether oxygens (including phenoxy) is 1. The van der Waals surface area contributed by atoms with Gasteiger partial charge in [-0.3, -0.25) is 0 Å². The summed E-state index contributed by atoms with van der Waals surface area (Å²) in [4.78, 5) is 19.2. The SMILES string of the molecule is C=C(C)C(=O)OCCC=COOOOOC. The zero-order valence-corrected chi connectivity index (χ0v) is 9.13. The zero-order valence-electron chi connectivity index (χ0n) is 9.13. The molecule has 0 rings (SSSR count). The van der Waals surface area contributed by atoms with Gasteiger partial charge in [0.1, 0.15) is 6.26 Å². The minimum Gasteiger partial charge on any atom is -0.462 e. The Morgan fingerprint density at radius 3 is 2.69 bits per heavy atom. The van der Waals surface area contributed by atoms with Gasteiger partial charge in [0.2, 0.25) is 0 Å². The molecule has 7 nitrogen and oxygen atoms in total. The van der Waals surface area contributed by atoms with Crippen molar-refractivity contribution in [3.05, 3.63) is 24.5 Å². The molecule has 0 aromatic rings. The third kappa shape index (κ3) is 9.16. The zero-order chi connectivity index (χ0) is 12.2. The molecule has 0 saturated carbocycles. The summed E-state index contributed by atoms with van der Waals surface area (Å²) in [6.07, 6.45) is 3.21. The Balaban J connectivity index is 3.28. The quantitative estimate of drug-likeness (QED) is 0.149. The minimum absolute atomic E-state index is 0.223. The van der Waals surface area contributed by atoms with Gasteiger partial charge in [-0.2, -0.15) is 0 Å². The van der Waals surface area contributed by atoms with Gasteiger partial charge >= 0.3 is 5.97 Å². The van der Waals surface area contributed by atoms with Crippen LogP contribution in [0.3, 0.4) is 0 Å². The molecule has 0 aromatic heterocycles. The van der Waals surface area contributed by atoms with E-state index >= 15 is 0 Å². The van der Waals surface area contributed by atoms with Crippen molar-refractivity contribution in [2.45, 2.75) is 13.3 Å². The fraction of sp³-hybridized carbons (Fsp3) is 0.444. The van der Waals surface area contributed by atoms with Crippen LogP contribution in [0.25, 0.3) is 0 Å². The van der Waals surface area contributed by atoms with Gasteiger partial charge in [0, 0.05) is 22.1 Å². The van der Waals surface area contributed by atoms with E-state index in [1.54, 1.807) is 13.0 Å². The van der Waals surface area contributed by atoms with Crippen molar-refractivity contribution >= 4 is 5.97 Å². The van der Waals surface area contributed by atoms with Crippen molar-refractivity contribution in [1.29, 1.82) is 0 Å². The average Bonchev–Trinajstić information content (AvgIpc) is 2.26. The number of hydrogen-bond donors (Lipinski definition) is 0. The molecule has 0 aliphatic rings. The predicted molar refractivity (Wildman–Crippen MR) is 50.9 cm³/mol. The van der Waals surface area contributed by atoms with E-state index < -0.39 is 5.97 Å². The molecule has 0 N–H and O–H groups in total. The van der Waals surface area contributed by atoms with Gasteiger partial charge in [0.15, 0.2) is 0 Å². The molecule has 0 fully saturated rings. The highest BCUT2D eigenvalue weighted by Gasteiger charge is 2.00. The van der Waals surface area contributed by atoms with E-state index in [4.69, 9.17) is 4.74 Å². The predicted octanol–water partition coefficient (Wildman–Crippen LogP) is 1.38. The van der Waals surface area contributed by atoms with Crippen molar-refractivity contribution in [3.8, 4) is 0 Å². The van der Waals surface area contributed by atoms with Crippen molar-refractivity contribution in [2.75, 3.05) is 13.7 Å². The smallest absolute Gasteiger partial charge is 0.333 e. The summed E-state index contributed by atoms with van der Waals surface area (Å²) in [5.41, 5.74) is 0.355. The first-order chi connectivity index (χ1) is 7.68. The number of carbonyl (C=O) groups excluding carboxylic acids is 1. The molecule has 0 amide bonds. The van der Waals surface area contributed by atoms with Crippen LogP contribution < -0.4 is 0 Å². The summed E-state index contributed by atoms with van der Waals surface area (Å²) in [5, 5.41) is 11.7. The first-order valence-corrected chi connectivity index (χ1v) is 4.35. The van der Waals surface area contributed by atoms with Crippen LogP contribution in [-0.4, -0.2) is 19.7 Å². The van der Waals surface area contributed by atoms with E-state index in [2.05, 4.69) is 31.5 Å². The summed E-state index contributed by atoms with van der Waals surface area (Å²) in [6.45, 7) is 5.23. The van der Waals surface area contributed by atoms with Crippen molar-refractivity contribution in [2.24, 2.45) is 0 Å². The second kappa shape index (κ2) is 10.1. The van der Waals surface area contributed by atoms with Gasteiger partial charge in [0.25, 0.3) is 0 Å². The van der Waals surface area contributed by atoms with Crippen LogP contribution in [0.15, 0.2) is 24.5 Å². The van der Waals surface area contributed by atoms with Gasteiger partial charge in [-0.25, -0.2) is 9.68 Å². The third-order valence-corrected chi connectivity index (χ3v) is 1.18. The summed E-state index contributed by atoms with van der Waals surface area (Å²) in [5.74, 6) is -0.428. The molecule has 0 radical (unpaired) electrons. The summed E-state index contributed by atoms with van der Waals surface area (Å²) in [6, 6.07) is 0. The molecule has 0 heterocycles. The number of esters is 1. The Morgan fingerprint density at radius 1 is 1.31 bits per heavy atom. The van der Waals surface area contributed by atoms with Crippen molar-refractivity contribution in [3.63, 3.8) is 0 Å². The van der Waals surface area contributed by atoms with Crippen LogP contribution in [0.2, 0.25) is 0 Å². The second-order valence-corrected chi connectivity index (χ2v) is 2.54. The lowest BCUT2D eigenvalue weighted by molar-refractivity contribution is -0.697. The molecule has 7 heteroatoms. The molecule has 0 aromatic carbocycles. The van der Waals surface area contributed by atoms with Crippen LogP contribution in [-0.2, 0) is 34.4 Å². The number of rotatable bonds is 9. The first-order valence-electron chi connectivity index (χ1n) is 4.35. The number of hydrogen-bond acceptors (Lipinski definition) is 7. The van der Waals surface area contributed by atoms with Gasteiger partial charge in [0.05, 0.1) is 13.7 Å². The minimum atomic E-state index is -0.428. The highest BCUT2D eigenvalue weighted by molar-refractivity contribution is 5.86. The molecule has 0 spiro atoms. The summed E-state index contributed by atoms with van der Waals surface area (Å²) >= 11 is 0. The molecule has 0 saturated heterocycles. The van der Waals surface area contributed by atoms with Gasteiger partial charge in [-0.15, -0.1) is 0 Å². The Kier molecular flexibility index (Phi) is 9.23. The van der Waals surface area contributed by atoms with Crippen LogP contribution in [0.5, 0.6) is 0 Å². The van der Waals surface area contributed by atoms with Gasteiger partial charge < -0.3 is 9.62 Å². The molecule has 92 valence electrons. The lowest BCUT2D eigenvalue weighted by Crippen LogP contribution is -2.05. The maximum Gasteiger partial charge on any atom is 0.333 e. The van der Waals surface area contributed by atoms with E-state index in [1.807, 2.05) is 0 Å². The molecular formula is C9H14O7. The standard InChI is InChI=1S/C9H14O7/c1-8(2)9(10)12-6-4-5-7-13-15-16-14-11-3/h5,7H,1,4,6H2,2-3H3. The Bertz CT molecular complexity index is 236. The third-order valence-electron chi connectivity index (χ3n) is 1.18. The lowest BCUT2D eigenvalue weighted by Gasteiger charge is -2.00. The van der Waals surface area contributed by atoms with Crippen LogP contribution in [0.1, 0.15) is 13.3 Å². The topological polar surface area (TPSA) is 72.5 Å². The summed E-state index contributed by atoms with van der Waals surface area (Å²) in [7, 11) is 1.23. The van der Waals surface area contributed by atoms with E-state index in [9.17, 15) is 4.79 Å². The maximum atomic E-state index is 10.9. The maximum absolute atomic E-state index is 10.9. The van der Waals surface area contributed by atoms with E-state index in [1.165, 1.54) is 13.4 Å². The van der Waals surface area contributed by atoms with Crippen LogP contribution in [0, 0.1) is 0 Å². The van der Waals surface area contributed by atoms with E-state index in [0.29, 0.717) is 12.0 Å². The molecule has 0 aliphatic heterocycles. The van der Waals surface area contributed by atoms with E-state index in [-0.39, 0.29) is 6.61 Å². The molecule has 0 bridgehead atoms. The average molecular weight is 234 g/mol. The summed E-state index contributed by atoms with van der Waals surface area (Å²) < 4.78 is 4.79. The Labute approximate surface area is 92.8 Å². The second-order valence-electron chi connectivity index (χ2n) is 2.54. The fourth-order valence-electron chi connectivity index (χ4n) is 0.528. The van der Waals surface area contributed by atoms with Crippen LogP contribution in [0.4, 0.5) is 0 Å². The Morgan fingerprint density at radius 2 is 2.06 bits per heavy atom. The van der Waals surface area contributed by atoms with Crippen LogP contribution >= 0.6 is 0 Å². The molecular weight excluding hydrogens is 220 g/mol.